The minimum atomic E-state index is 0.765. The summed E-state index contributed by atoms with van der Waals surface area (Å²) in [4.78, 5) is 4.27. The first-order chi connectivity index (χ1) is 7.45. The molecule has 0 bridgehead atoms. The second-order valence-corrected chi connectivity index (χ2v) is 3.40. The maximum absolute atomic E-state index is 4.27. The van der Waals surface area contributed by atoms with Crippen LogP contribution in [-0.2, 0) is 6.42 Å². The Morgan fingerprint density at radius 1 is 1.27 bits per heavy atom. The maximum atomic E-state index is 4.27. The van der Waals surface area contributed by atoms with Gasteiger partial charge in [-0.05, 0) is 18.1 Å². The predicted molar refractivity (Wildman–Crippen MR) is 62.7 cm³/mol. The van der Waals surface area contributed by atoms with E-state index in [4.69, 9.17) is 0 Å². The molecule has 0 atom stereocenters. The molecule has 2 N–H and O–H groups in total. The van der Waals surface area contributed by atoms with Gasteiger partial charge in [0.1, 0.15) is 0 Å². The largest absolute Gasteiger partial charge is 0.356 e. The summed E-state index contributed by atoms with van der Waals surface area (Å²) < 4.78 is 0. The fourth-order valence-electron chi connectivity index (χ4n) is 1.46. The van der Waals surface area contributed by atoms with Crippen molar-refractivity contribution < 1.29 is 0 Å². The summed E-state index contributed by atoms with van der Waals surface area (Å²) in [5.41, 5.74) is 1.34. The fourth-order valence-corrected chi connectivity index (χ4v) is 1.46. The van der Waals surface area contributed by atoms with Crippen molar-refractivity contribution in [1.29, 1.82) is 0 Å². The SMILES string of the molecule is C1=CNC(NCCc2ccccc2)=NC1. The zero-order valence-electron chi connectivity index (χ0n) is 8.61. The molecule has 0 saturated carbocycles. The normalized spacial score (nSPS) is 14.3. The highest BCUT2D eigenvalue weighted by Crippen LogP contribution is 1.98. The number of hydrogen-bond acceptors (Lipinski definition) is 3. The Morgan fingerprint density at radius 2 is 2.13 bits per heavy atom. The lowest BCUT2D eigenvalue weighted by atomic mass is 10.1. The van der Waals surface area contributed by atoms with Crippen molar-refractivity contribution in [3.8, 4) is 0 Å². The number of nitrogens with zero attached hydrogens (tertiary/aromatic N) is 1. The summed E-state index contributed by atoms with van der Waals surface area (Å²) >= 11 is 0. The van der Waals surface area contributed by atoms with Gasteiger partial charge in [-0.15, -0.1) is 0 Å². The molecule has 0 saturated heterocycles. The van der Waals surface area contributed by atoms with Crippen LogP contribution in [0.2, 0.25) is 0 Å². The third kappa shape index (κ3) is 3.13. The van der Waals surface area contributed by atoms with E-state index in [9.17, 15) is 0 Å². The highest BCUT2D eigenvalue weighted by Gasteiger charge is 1.97. The molecule has 0 unspecified atom stereocenters. The maximum Gasteiger partial charge on any atom is 0.195 e. The molecule has 15 heavy (non-hydrogen) atoms. The molecule has 2 rings (SSSR count). The van der Waals surface area contributed by atoms with Crippen LogP contribution < -0.4 is 10.6 Å². The summed E-state index contributed by atoms with van der Waals surface area (Å²) in [5.74, 6) is 0.869. The Morgan fingerprint density at radius 3 is 2.87 bits per heavy atom. The zero-order chi connectivity index (χ0) is 10.3. The van der Waals surface area contributed by atoms with Crippen LogP contribution in [0.1, 0.15) is 5.56 Å². The van der Waals surface area contributed by atoms with Crippen LogP contribution in [0.3, 0.4) is 0 Å². The average Bonchev–Trinajstić information content (AvgIpc) is 2.32. The number of hydrogen-bond donors (Lipinski definition) is 2. The zero-order valence-corrected chi connectivity index (χ0v) is 8.61. The highest BCUT2D eigenvalue weighted by molar-refractivity contribution is 5.81. The highest BCUT2D eigenvalue weighted by atomic mass is 15.2. The van der Waals surface area contributed by atoms with Crippen LogP contribution >= 0.6 is 0 Å². The summed E-state index contributed by atoms with van der Waals surface area (Å²) in [6.45, 7) is 1.67. The third-order valence-electron chi connectivity index (χ3n) is 2.24. The lowest BCUT2D eigenvalue weighted by Crippen LogP contribution is -2.36. The molecule has 1 aromatic carbocycles. The molecule has 0 radical (unpaired) electrons. The quantitative estimate of drug-likeness (QED) is 0.773. The molecule has 0 spiro atoms. The second-order valence-electron chi connectivity index (χ2n) is 3.40. The van der Waals surface area contributed by atoms with Crippen molar-refractivity contribution in [3.63, 3.8) is 0 Å². The number of benzene rings is 1. The van der Waals surface area contributed by atoms with Gasteiger partial charge in [-0.2, -0.15) is 0 Å². The minimum absolute atomic E-state index is 0.765. The summed E-state index contributed by atoms with van der Waals surface area (Å²) in [6.07, 6.45) is 4.92. The number of nitrogens with one attached hydrogen (secondary N) is 2. The summed E-state index contributed by atoms with van der Waals surface area (Å²) in [7, 11) is 0. The van der Waals surface area contributed by atoms with E-state index < -0.39 is 0 Å². The van der Waals surface area contributed by atoms with Gasteiger partial charge in [0.2, 0.25) is 0 Å². The molecule has 3 heteroatoms. The van der Waals surface area contributed by atoms with E-state index >= 15 is 0 Å². The lowest BCUT2D eigenvalue weighted by Gasteiger charge is -2.11. The molecular formula is C12H15N3. The lowest BCUT2D eigenvalue weighted by molar-refractivity contribution is 0.832. The molecule has 0 fully saturated rings. The molecule has 78 valence electrons. The number of rotatable bonds is 3. The van der Waals surface area contributed by atoms with E-state index in [0.29, 0.717) is 0 Å². The first-order valence-electron chi connectivity index (χ1n) is 5.19. The van der Waals surface area contributed by atoms with Gasteiger partial charge in [-0.3, -0.25) is 0 Å². The van der Waals surface area contributed by atoms with Crippen molar-refractivity contribution in [2.45, 2.75) is 6.42 Å². The molecule has 1 aliphatic heterocycles. The summed E-state index contributed by atoms with van der Waals surface area (Å²) in [5, 5.41) is 6.32. The van der Waals surface area contributed by atoms with Crippen LogP contribution in [0, 0.1) is 0 Å². The Labute approximate surface area is 89.9 Å². The van der Waals surface area contributed by atoms with Gasteiger partial charge in [-0.25, -0.2) is 4.99 Å². The van der Waals surface area contributed by atoms with Crippen molar-refractivity contribution in [1.82, 2.24) is 10.6 Å². The van der Waals surface area contributed by atoms with Crippen LogP contribution in [0.4, 0.5) is 0 Å². The molecule has 3 nitrogen and oxygen atoms in total. The van der Waals surface area contributed by atoms with Crippen molar-refractivity contribution in [3.05, 3.63) is 48.2 Å². The monoisotopic (exact) mass is 201 g/mol. The van der Waals surface area contributed by atoms with Crippen LogP contribution in [0.25, 0.3) is 0 Å². The van der Waals surface area contributed by atoms with Gasteiger partial charge in [0.15, 0.2) is 5.96 Å². The molecule has 0 aliphatic carbocycles. The average molecular weight is 201 g/mol. The van der Waals surface area contributed by atoms with Gasteiger partial charge in [0, 0.05) is 12.7 Å². The predicted octanol–water partition coefficient (Wildman–Crippen LogP) is 1.29. The fraction of sp³-hybridized carbons (Fsp3) is 0.250. The van der Waals surface area contributed by atoms with E-state index in [1.165, 1.54) is 5.56 Å². The number of aliphatic imine (C=N–C) groups is 1. The van der Waals surface area contributed by atoms with Crippen molar-refractivity contribution >= 4 is 5.96 Å². The van der Waals surface area contributed by atoms with Crippen molar-refractivity contribution in [2.75, 3.05) is 13.1 Å². The number of guanidine groups is 1. The van der Waals surface area contributed by atoms with Crippen LogP contribution in [0.5, 0.6) is 0 Å². The van der Waals surface area contributed by atoms with Gasteiger partial charge in [-0.1, -0.05) is 30.3 Å². The van der Waals surface area contributed by atoms with Gasteiger partial charge >= 0.3 is 0 Å². The first-order valence-corrected chi connectivity index (χ1v) is 5.19. The van der Waals surface area contributed by atoms with E-state index in [-0.39, 0.29) is 0 Å². The minimum Gasteiger partial charge on any atom is -0.356 e. The third-order valence-corrected chi connectivity index (χ3v) is 2.24. The topological polar surface area (TPSA) is 36.4 Å². The second kappa shape index (κ2) is 5.20. The first kappa shape index (κ1) is 9.77. The Bertz CT molecular complexity index is 354. The Kier molecular flexibility index (Phi) is 3.38. The van der Waals surface area contributed by atoms with E-state index in [0.717, 1.165) is 25.5 Å². The van der Waals surface area contributed by atoms with E-state index in [1.807, 2.05) is 18.3 Å². The van der Waals surface area contributed by atoms with Gasteiger partial charge < -0.3 is 10.6 Å². The van der Waals surface area contributed by atoms with Crippen LogP contribution in [-0.4, -0.2) is 19.0 Å². The van der Waals surface area contributed by atoms with E-state index in [1.54, 1.807) is 0 Å². The molecule has 0 amide bonds. The van der Waals surface area contributed by atoms with Crippen molar-refractivity contribution in [2.24, 2.45) is 4.99 Å². The van der Waals surface area contributed by atoms with Gasteiger partial charge in [0.05, 0.1) is 6.54 Å². The summed E-state index contributed by atoms with van der Waals surface area (Å²) in [6, 6.07) is 10.4. The molecule has 1 aliphatic rings. The van der Waals surface area contributed by atoms with Crippen LogP contribution in [0.15, 0.2) is 47.6 Å². The Balaban J connectivity index is 1.73. The smallest absolute Gasteiger partial charge is 0.195 e. The molecule has 1 aromatic rings. The Hall–Kier alpha value is -1.77. The molecule has 1 heterocycles. The molecule has 0 aromatic heterocycles. The van der Waals surface area contributed by atoms with E-state index in [2.05, 4.69) is 39.9 Å². The van der Waals surface area contributed by atoms with Gasteiger partial charge in [0.25, 0.3) is 0 Å². The standard InChI is InChI=1S/C12H15N3/c1-2-5-11(6-3-1)7-10-15-12-13-8-4-9-14-12/h1-6,8H,7,9-10H2,(H2,13,14,15). The molecular weight excluding hydrogens is 186 g/mol.